The first kappa shape index (κ1) is 10.1. The van der Waals surface area contributed by atoms with Crippen LogP contribution in [0, 0.1) is 0 Å². The Labute approximate surface area is 96.8 Å². The molecule has 0 fully saturated rings. The van der Waals surface area contributed by atoms with Crippen molar-refractivity contribution in [3.8, 4) is 0 Å². The first-order valence-electron chi connectivity index (χ1n) is 4.13. The van der Waals surface area contributed by atoms with Gasteiger partial charge in [0, 0.05) is 18.5 Å². The molecule has 1 aliphatic heterocycles. The Morgan fingerprint density at radius 1 is 1.14 bits per heavy atom. The summed E-state index contributed by atoms with van der Waals surface area (Å²) < 4.78 is 0. The lowest BCUT2D eigenvalue weighted by atomic mass is 10.1. The molecule has 0 amide bonds. The van der Waals surface area contributed by atoms with E-state index < -0.39 is 0 Å². The minimum atomic E-state index is 0.474. The number of benzene rings is 1. The molecular weight excluding hydrogens is 242 g/mol. The van der Waals surface area contributed by atoms with Crippen LogP contribution in [0.1, 0.15) is 12.0 Å². The molecule has 2 rings (SSSR count). The van der Waals surface area contributed by atoms with Gasteiger partial charge in [-0.15, -0.1) is 0 Å². The molecule has 0 saturated heterocycles. The highest BCUT2D eigenvalue weighted by Crippen LogP contribution is 2.32. The molecule has 0 aliphatic carbocycles. The molecule has 0 bridgehead atoms. The zero-order valence-electron chi connectivity index (χ0n) is 7.15. The van der Waals surface area contributed by atoms with Gasteiger partial charge in [-0.05, 0) is 12.1 Å². The molecule has 74 valence electrons. The highest BCUT2D eigenvalue weighted by atomic mass is 35.5. The second-order valence-corrected chi connectivity index (χ2v) is 4.13. The summed E-state index contributed by atoms with van der Waals surface area (Å²) in [6.45, 7) is 0.814. The molecule has 5 heteroatoms. The Morgan fingerprint density at radius 3 is 2.50 bits per heavy atom. The monoisotopic (exact) mass is 248 g/mol. The summed E-state index contributed by atoms with van der Waals surface area (Å²) >= 11 is 18.0. The third kappa shape index (κ3) is 1.70. The Kier molecular flexibility index (Phi) is 2.86. The molecule has 1 N–H and O–H groups in total. The van der Waals surface area contributed by atoms with Gasteiger partial charge in [0.05, 0.1) is 20.8 Å². The minimum Gasteiger partial charge on any atom is -0.309 e. The van der Waals surface area contributed by atoms with Crippen LogP contribution in [0.3, 0.4) is 0 Å². The molecule has 0 atom stereocenters. The van der Waals surface area contributed by atoms with Gasteiger partial charge in [-0.1, -0.05) is 34.8 Å². The van der Waals surface area contributed by atoms with E-state index >= 15 is 0 Å². The van der Waals surface area contributed by atoms with Crippen molar-refractivity contribution in [3.05, 3.63) is 32.8 Å². The van der Waals surface area contributed by atoms with E-state index in [1.54, 1.807) is 12.1 Å². The van der Waals surface area contributed by atoms with E-state index in [9.17, 15) is 0 Å². The predicted octanol–water partition coefficient (Wildman–Crippen LogP) is 3.34. The van der Waals surface area contributed by atoms with E-state index in [4.69, 9.17) is 34.8 Å². The van der Waals surface area contributed by atoms with Crippen LogP contribution >= 0.6 is 34.8 Å². The second-order valence-electron chi connectivity index (χ2n) is 2.93. The van der Waals surface area contributed by atoms with Gasteiger partial charge in [-0.3, -0.25) is 0 Å². The van der Waals surface area contributed by atoms with Gasteiger partial charge in [0.25, 0.3) is 0 Å². The number of nitrogens with zero attached hydrogens (tertiary/aromatic N) is 1. The largest absolute Gasteiger partial charge is 0.309 e. The maximum Gasteiger partial charge on any atom is 0.0723 e. The molecule has 1 aromatic carbocycles. The maximum atomic E-state index is 6.05. The molecule has 0 spiro atoms. The first-order valence-corrected chi connectivity index (χ1v) is 5.27. The lowest BCUT2D eigenvalue weighted by molar-refractivity contribution is 0.813. The van der Waals surface area contributed by atoms with Crippen LogP contribution in [-0.2, 0) is 0 Å². The summed E-state index contributed by atoms with van der Waals surface area (Å²) in [5.74, 6) is 0. The van der Waals surface area contributed by atoms with E-state index in [0.717, 1.165) is 24.2 Å². The van der Waals surface area contributed by atoms with Crippen molar-refractivity contribution >= 4 is 40.5 Å². The summed E-state index contributed by atoms with van der Waals surface area (Å²) in [5, 5.41) is 5.67. The average molecular weight is 250 g/mol. The van der Waals surface area contributed by atoms with E-state index in [-0.39, 0.29) is 0 Å². The fraction of sp³-hybridized carbons (Fsp3) is 0.222. The quantitative estimate of drug-likeness (QED) is 0.759. The number of nitrogens with one attached hydrogen (secondary N) is 1. The summed E-state index contributed by atoms with van der Waals surface area (Å²) in [7, 11) is 0. The topological polar surface area (TPSA) is 24.4 Å². The van der Waals surface area contributed by atoms with Crippen LogP contribution in [0.5, 0.6) is 0 Å². The summed E-state index contributed by atoms with van der Waals surface area (Å²) in [6.07, 6.45) is 0.819. The molecule has 0 saturated carbocycles. The van der Waals surface area contributed by atoms with Crippen LogP contribution in [0.4, 0.5) is 0 Å². The van der Waals surface area contributed by atoms with Crippen LogP contribution in [0.15, 0.2) is 17.2 Å². The van der Waals surface area contributed by atoms with Crippen molar-refractivity contribution in [2.24, 2.45) is 5.10 Å². The normalized spacial score (nSPS) is 15.2. The van der Waals surface area contributed by atoms with Gasteiger partial charge >= 0.3 is 0 Å². The maximum absolute atomic E-state index is 6.05. The summed E-state index contributed by atoms with van der Waals surface area (Å²) in [4.78, 5) is 0. The van der Waals surface area contributed by atoms with Gasteiger partial charge in [-0.2, -0.15) is 5.10 Å². The van der Waals surface area contributed by atoms with Gasteiger partial charge in [0.2, 0.25) is 0 Å². The number of rotatable bonds is 1. The lowest BCUT2D eigenvalue weighted by Crippen LogP contribution is -2.00. The van der Waals surface area contributed by atoms with Gasteiger partial charge in [0.1, 0.15) is 0 Å². The third-order valence-corrected chi connectivity index (χ3v) is 3.14. The first-order chi connectivity index (χ1) is 6.70. The molecular formula is C9H7Cl3N2. The molecule has 1 aliphatic rings. The predicted molar refractivity (Wildman–Crippen MR) is 60.6 cm³/mol. The van der Waals surface area contributed by atoms with Crippen molar-refractivity contribution < 1.29 is 0 Å². The standard InChI is InChI=1S/C9H7Cl3N2/c10-5-1-2-6(11)9(12)8(5)7-3-4-13-14-7/h1-2,13H,3-4H2. The fourth-order valence-corrected chi connectivity index (χ4v) is 2.10. The van der Waals surface area contributed by atoms with Crippen LogP contribution in [0.25, 0.3) is 0 Å². The third-order valence-electron chi connectivity index (χ3n) is 2.02. The van der Waals surface area contributed by atoms with Crippen LogP contribution < -0.4 is 5.43 Å². The van der Waals surface area contributed by atoms with Crippen molar-refractivity contribution in [2.45, 2.75) is 6.42 Å². The number of hydrogen-bond donors (Lipinski definition) is 1. The lowest BCUT2D eigenvalue weighted by Gasteiger charge is -2.06. The van der Waals surface area contributed by atoms with E-state index in [1.807, 2.05) is 0 Å². The SMILES string of the molecule is Clc1ccc(Cl)c(C2=NNCC2)c1Cl. The Morgan fingerprint density at radius 2 is 1.86 bits per heavy atom. The Bertz CT molecular complexity index is 401. The second kappa shape index (κ2) is 3.97. The van der Waals surface area contributed by atoms with Crippen LogP contribution in [-0.4, -0.2) is 12.3 Å². The molecule has 14 heavy (non-hydrogen) atoms. The van der Waals surface area contributed by atoms with Crippen molar-refractivity contribution in [1.82, 2.24) is 5.43 Å². The number of halogens is 3. The number of hydrazone groups is 1. The van der Waals surface area contributed by atoms with Crippen molar-refractivity contribution in [1.29, 1.82) is 0 Å². The molecule has 1 heterocycles. The van der Waals surface area contributed by atoms with Gasteiger partial charge < -0.3 is 5.43 Å². The Hall–Kier alpha value is -0.440. The van der Waals surface area contributed by atoms with Crippen molar-refractivity contribution in [2.75, 3.05) is 6.54 Å². The molecule has 0 aromatic heterocycles. The molecule has 0 radical (unpaired) electrons. The van der Waals surface area contributed by atoms with Crippen LogP contribution in [0.2, 0.25) is 15.1 Å². The molecule has 2 nitrogen and oxygen atoms in total. The fourth-order valence-electron chi connectivity index (χ4n) is 1.35. The van der Waals surface area contributed by atoms with E-state index in [0.29, 0.717) is 15.1 Å². The zero-order chi connectivity index (χ0) is 10.1. The molecule has 0 unspecified atom stereocenters. The Balaban J connectivity index is 2.55. The highest BCUT2D eigenvalue weighted by Gasteiger charge is 2.17. The zero-order valence-corrected chi connectivity index (χ0v) is 9.42. The molecule has 1 aromatic rings. The number of hydrogen-bond acceptors (Lipinski definition) is 2. The van der Waals surface area contributed by atoms with Crippen molar-refractivity contribution in [3.63, 3.8) is 0 Å². The highest BCUT2D eigenvalue weighted by molar-refractivity contribution is 6.46. The average Bonchev–Trinajstić information content (AvgIpc) is 2.65. The van der Waals surface area contributed by atoms with E-state index in [2.05, 4.69) is 10.5 Å². The summed E-state index contributed by atoms with van der Waals surface area (Å²) in [6, 6.07) is 3.41. The smallest absolute Gasteiger partial charge is 0.0723 e. The summed E-state index contributed by atoms with van der Waals surface area (Å²) in [5.41, 5.74) is 4.48. The minimum absolute atomic E-state index is 0.474. The van der Waals surface area contributed by atoms with Gasteiger partial charge in [-0.25, -0.2) is 0 Å². The van der Waals surface area contributed by atoms with Gasteiger partial charge in [0.15, 0.2) is 0 Å². The van der Waals surface area contributed by atoms with E-state index in [1.165, 1.54) is 0 Å².